The van der Waals surface area contributed by atoms with Crippen LogP contribution >= 0.6 is 0 Å². The second-order valence-corrected chi connectivity index (χ2v) is 2.33. The molecule has 0 bridgehead atoms. The van der Waals surface area contributed by atoms with E-state index in [1.165, 1.54) is 7.11 Å². The second-order valence-electron chi connectivity index (χ2n) is 2.33. The van der Waals surface area contributed by atoms with Crippen LogP contribution < -0.4 is 5.32 Å². The molecule has 5 heteroatoms. The number of hydrogen-bond acceptors (Lipinski definition) is 4. The summed E-state index contributed by atoms with van der Waals surface area (Å²) in [6, 6.07) is 0. The maximum Gasteiger partial charge on any atom is 0.407 e. The van der Waals surface area contributed by atoms with Crippen molar-refractivity contribution >= 4 is 12.1 Å². The van der Waals surface area contributed by atoms with Crippen LogP contribution in [0.2, 0.25) is 0 Å². The third-order valence-corrected chi connectivity index (χ3v) is 1.33. The number of carbonyl (C=O) groups is 2. The minimum atomic E-state index is -0.452. The Morgan fingerprint density at radius 3 is 2.62 bits per heavy atom. The summed E-state index contributed by atoms with van der Waals surface area (Å²) in [5, 5.41) is 2.49. The van der Waals surface area contributed by atoms with Gasteiger partial charge in [0.25, 0.3) is 0 Å². The van der Waals surface area contributed by atoms with Gasteiger partial charge in [-0.1, -0.05) is 0 Å². The van der Waals surface area contributed by atoms with Crippen molar-refractivity contribution in [3.8, 4) is 0 Å². The van der Waals surface area contributed by atoms with E-state index in [4.69, 9.17) is 0 Å². The first-order valence-corrected chi connectivity index (χ1v) is 4.18. The lowest BCUT2D eigenvalue weighted by atomic mass is 10.3. The van der Waals surface area contributed by atoms with E-state index < -0.39 is 6.09 Å². The number of hydrogen-bond donors (Lipinski definition) is 1. The van der Waals surface area contributed by atoms with Gasteiger partial charge in [-0.15, -0.1) is 0 Å². The molecule has 0 aliphatic carbocycles. The summed E-state index contributed by atoms with van der Waals surface area (Å²) in [7, 11) is 1.33. The van der Waals surface area contributed by atoms with Crippen LogP contribution in [-0.2, 0) is 14.3 Å². The highest BCUT2D eigenvalue weighted by Crippen LogP contribution is 1.89. The normalized spacial score (nSPS) is 9.08. The molecule has 0 aromatic heterocycles. The van der Waals surface area contributed by atoms with Gasteiger partial charge < -0.3 is 14.8 Å². The van der Waals surface area contributed by atoms with Gasteiger partial charge in [0.2, 0.25) is 0 Å². The standard InChI is InChI=1S/C8H15NO4/c1-3-13-8(11)9-6-4-5-7(10)12-2/h3-6H2,1-2H3,(H,9,11). The fraction of sp³-hybridized carbons (Fsp3) is 0.750. The van der Waals surface area contributed by atoms with E-state index in [2.05, 4.69) is 14.8 Å². The van der Waals surface area contributed by atoms with Gasteiger partial charge in [-0.25, -0.2) is 4.79 Å². The molecule has 0 rings (SSSR count). The molecule has 0 aliphatic heterocycles. The highest BCUT2D eigenvalue weighted by molar-refractivity contribution is 5.69. The molecule has 0 saturated carbocycles. The Morgan fingerprint density at radius 1 is 1.38 bits per heavy atom. The molecule has 0 aliphatic rings. The Bertz CT molecular complexity index is 170. The zero-order chi connectivity index (χ0) is 10.1. The molecule has 5 nitrogen and oxygen atoms in total. The van der Waals surface area contributed by atoms with Crippen LogP contribution in [0.5, 0.6) is 0 Å². The van der Waals surface area contributed by atoms with Gasteiger partial charge in [0, 0.05) is 13.0 Å². The first-order valence-electron chi connectivity index (χ1n) is 4.18. The van der Waals surface area contributed by atoms with Crippen LogP contribution in [0.15, 0.2) is 0 Å². The second kappa shape index (κ2) is 7.39. The van der Waals surface area contributed by atoms with E-state index in [9.17, 15) is 9.59 Å². The smallest absolute Gasteiger partial charge is 0.407 e. The van der Waals surface area contributed by atoms with Crippen molar-refractivity contribution in [2.75, 3.05) is 20.3 Å². The molecule has 0 radical (unpaired) electrons. The molecule has 76 valence electrons. The summed E-state index contributed by atoms with van der Waals surface area (Å²) < 4.78 is 9.03. The third kappa shape index (κ3) is 7.11. The van der Waals surface area contributed by atoms with Crippen molar-refractivity contribution in [2.45, 2.75) is 19.8 Å². The van der Waals surface area contributed by atoms with Gasteiger partial charge in [-0.2, -0.15) is 0 Å². The molecule has 13 heavy (non-hydrogen) atoms. The zero-order valence-corrected chi connectivity index (χ0v) is 7.96. The number of esters is 1. The zero-order valence-electron chi connectivity index (χ0n) is 7.96. The van der Waals surface area contributed by atoms with Crippen molar-refractivity contribution in [3.63, 3.8) is 0 Å². The molecule has 0 spiro atoms. The molecule has 0 aromatic rings. The predicted octanol–water partition coefficient (Wildman–Crippen LogP) is 0.686. The number of amides is 1. The average molecular weight is 189 g/mol. The summed E-state index contributed by atoms with van der Waals surface area (Å²) in [5.74, 6) is -0.273. The van der Waals surface area contributed by atoms with E-state index in [1.807, 2.05) is 0 Å². The first-order chi connectivity index (χ1) is 6.20. The van der Waals surface area contributed by atoms with Crippen LogP contribution in [0.3, 0.4) is 0 Å². The lowest BCUT2D eigenvalue weighted by Gasteiger charge is -2.03. The number of nitrogens with one attached hydrogen (secondary N) is 1. The Balaban J connectivity index is 3.25. The van der Waals surface area contributed by atoms with Crippen molar-refractivity contribution < 1.29 is 19.1 Å². The summed E-state index contributed by atoms with van der Waals surface area (Å²) in [6.45, 7) is 2.50. The van der Waals surface area contributed by atoms with E-state index in [0.29, 0.717) is 26.0 Å². The van der Waals surface area contributed by atoms with Gasteiger partial charge >= 0.3 is 12.1 Å². The first kappa shape index (κ1) is 11.7. The fourth-order valence-electron chi connectivity index (χ4n) is 0.707. The summed E-state index contributed by atoms with van der Waals surface area (Å²) >= 11 is 0. The third-order valence-electron chi connectivity index (χ3n) is 1.33. The molecule has 0 atom stereocenters. The molecule has 0 aromatic carbocycles. The Kier molecular flexibility index (Phi) is 6.68. The van der Waals surface area contributed by atoms with E-state index in [0.717, 1.165) is 0 Å². The van der Waals surface area contributed by atoms with Crippen molar-refractivity contribution in [2.24, 2.45) is 0 Å². The maximum absolute atomic E-state index is 10.7. The molecular formula is C8H15NO4. The number of alkyl carbamates (subject to hydrolysis) is 1. The Labute approximate surface area is 77.4 Å². The molecular weight excluding hydrogens is 174 g/mol. The van der Waals surface area contributed by atoms with Gasteiger partial charge in [-0.3, -0.25) is 4.79 Å². The molecule has 0 fully saturated rings. The van der Waals surface area contributed by atoms with Gasteiger partial charge in [-0.05, 0) is 13.3 Å². The SMILES string of the molecule is CCOC(=O)NCCCC(=O)OC. The van der Waals surface area contributed by atoms with Gasteiger partial charge in [0.15, 0.2) is 0 Å². The molecule has 0 saturated heterocycles. The topological polar surface area (TPSA) is 64.6 Å². The number of rotatable bonds is 5. The van der Waals surface area contributed by atoms with Crippen LogP contribution in [0.25, 0.3) is 0 Å². The highest BCUT2D eigenvalue weighted by atomic mass is 16.5. The van der Waals surface area contributed by atoms with Crippen LogP contribution in [0.4, 0.5) is 4.79 Å². The Hall–Kier alpha value is -1.26. The van der Waals surface area contributed by atoms with Gasteiger partial charge in [0.1, 0.15) is 0 Å². The van der Waals surface area contributed by atoms with Crippen molar-refractivity contribution in [1.29, 1.82) is 0 Å². The largest absolute Gasteiger partial charge is 0.469 e. The summed E-state index contributed by atoms with van der Waals surface area (Å²) in [4.78, 5) is 21.3. The van der Waals surface area contributed by atoms with Crippen LogP contribution in [0, 0.1) is 0 Å². The van der Waals surface area contributed by atoms with Crippen LogP contribution in [-0.4, -0.2) is 32.3 Å². The maximum atomic E-state index is 10.7. The summed E-state index contributed by atoms with van der Waals surface area (Å²) in [5.41, 5.74) is 0. The molecule has 0 heterocycles. The van der Waals surface area contributed by atoms with Crippen molar-refractivity contribution in [3.05, 3.63) is 0 Å². The quantitative estimate of drug-likeness (QED) is 0.510. The number of methoxy groups -OCH3 is 1. The average Bonchev–Trinajstić information content (AvgIpc) is 2.12. The predicted molar refractivity (Wildman–Crippen MR) is 46.3 cm³/mol. The summed E-state index contributed by atoms with van der Waals surface area (Å²) in [6.07, 6.45) is 0.418. The van der Waals surface area contributed by atoms with E-state index in [-0.39, 0.29) is 5.97 Å². The minimum Gasteiger partial charge on any atom is -0.469 e. The molecule has 1 amide bonds. The fourth-order valence-corrected chi connectivity index (χ4v) is 0.707. The molecule has 0 unspecified atom stereocenters. The molecule has 1 N–H and O–H groups in total. The van der Waals surface area contributed by atoms with E-state index in [1.54, 1.807) is 6.92 Å². The van der Waals surface area contributed by atoms with Crippen molar-refractivity contribution in [1.82, 2.24) is 5.32 Å². The Morgan fingerprint density at radius 2 is 2.08 bits per heavy atom. The number of carbonyl (C=O) groups excluding carboxylic acids is 2. The lowest BCUT2D eigenvalue weighted by molar-refractivity contribution is -0.140. The highest BCUT2D eigenvalue weighted by Gasteiger charge is 2.01. The van der Waals surface area contributed by atoms with E-state index >= 15 is 0 Å². The van der Waals surface area contributed by atoms with Gasteiger partial charge in [0.05, 0.1) is 13.7 Å². The lowest BCUT2D eigenvalue weighted by Crippen LogP contribution is -2.25. The monoisotopic (exact) mass is 189 g/mol. The number of ether oxygens (including phenoxy) is 2. The van der Waals surface area contributed by atoms with Crippen LogP contribution in [0.1, 0.15) is 19.8 Å². The minimum absolute atomic E-state index is 0.273.